The van der Waals surface area contributed by atoms with Crippen molar-refractivity contribution < 1.29 is 9.21 Å². The molecule has 6 nitrogen and oxygen atoms in total. The standard InChI is InChI=1S/C18H14N4O2S2/c23-15(11-26-18-19-14-9-5-4-8-13(14)10-25-18)20-17-22-21-16(24-17)12-6-2-1-3-7-12/h1-9H,10-11H2,(H,20,22,23). The van der Waals surface area contributed by atoms with Crippen LogP contribution < -0.4 is 5.32 Å². The Morgan fingerprint density at radius 3 is 2.81 bits per heavy atom. The summed E-state index contributed by atoms with van der Waals surface area (Å²) < 4.78 is 6.36. The van der Waals surface area contributed by atoms with E-state index in [9.17, 15) is 4.79 Å². The number of hydrogen-bond donors (Lipinski definition) is 1. The van der Waals surface area contributed by atoms with Crippen molar-refractivity contribution in [2.24, 2.45) is 4.99 Å². The van der Waals surface area contributed by atoms with Crippen LogP contribution in [0.25, 0.3) is 11.5 Å². The zero-order valence-electron chi connectivity index (χ0n) is 13.6. The largest absolute Gasteiger partial charge is 0.403 e. The molecule has 1 aliphatic heterocycles. The summed E-state index contributed by atoms with van der Waals surface area (Å²) in [5.41, 5.74) is 2.99. The Bertz CT molecular complexity index is 957. The number of para-hydroxylation sites is 1. The molecule has 8 heteroatoms. The summed E-state index contributed by atoms with van der Waals surface area (Å²) in [6.07, 6.45) is 0. The Morgan fingerprint density at radius 2 is 1.92 bits per heavy atom. The maximum atomic E-state index is 12.1. The third kappa shape index (κ3) is 3.97. The highest BCUT2D eigenvalue weighted by Crippen LogP contribution is 2.34. The zero-order chi connectivity index (χ0) is 17.8. The van der Waals surface area contributed by atoms with Crippen LogP contribution >= 0.6 is 23.5 Å². The fourth-order valence-corrected chi connectivity index (χ4v) is 4.20. The molecule has 26 heavy (non-hydrogen) atoms. The maximum absolute atomic E-state index is 12.1. The van der Waals surface area contributed by atoms with Gasteiger partial charge in [-0.05, 0) is 23.8 Å². The first kappa shape index (κ1) is 16.9. The molecule has 1 aromatic heterocycles. The maximum Gasteiger partial charge on any atom is 0.322 e. The number of benzene rings is 2. The quantitative estimate of drug-likeness (QED) is 0.723. The molecule has 1 N–H and O–H groups in total. The van der Waals surface area contributed by atoms with Crippen molar-refractivity contribution in [1.29, 1.82) is 0 Å². The molecular formula is C18H14N4O2S2. The number of hydrogen-bond acceptors (Lipinski definition) is 7. The van der Waals surface area contributed by atoms with Crippen LogP contribution in [0.15, 0.2) is 64.0 Å². The lowest BCUT2D eigenvalue weighted by molar-refractivity contribution is -0.113. The average Bonchev–Trinajstić information content (AvgIpc) is 3.15. The van der Waals surface area contributed by atoms with Crippen LogP contribution in [0.4, 0.5) is 11.7 Å². The van der Waals surface area contributed by atoms with Crippen molar-refractivity contribution in [1.82, 2.24) is 10.2 Å². The number of aliphatic imine (C=N–C) groups is 1. The smallest absolute Gasteiger partial charge is 0.322 e. The summed E-state index contributed by atoms with van der Waals surface area (Å²) >= 11 is 3.04. The molecule has 0 spiro atoms. The second kappa shape index (κ2) is 7.76. The van der Waals surface area contributed by atoms with Crippen molar-refractivity contribution in [3.63, 3.8) is 0 Å². The number of aromatic nitrogens is 2. The highest BCUT2D eigenvalue weighted by molar-refractivity contribution is 8.38. The van der Waals surface area contributed by atoms with Gasteiger partial charge in [0.25, 0.3) is 0 Å². The van der Waals surface area contributed by atoms with Gasteiger partial charge in [0, 0.05) is 11.3 Å². The van der Waals surface area contributed by atoms with Crippen LogP contribution in [0.5, 0.6) is 0 Å². The molecule has 2 heterocycles. The van der Waals surface area contributed by atoms with E-state index < -0.39 is 0 Å². The highest BCUT2D eigenvalue weighted by atomic mass is 32.2. The summed E-state index contributed by atoms with van der Waals surface area (Å²) in [6.45, 7) is 0. The van der Waals surface area contributed by atoms with E-state index in [2.05, 4.69) is 26.6 Å². The Hall–Kier alpha value is -2.58. The van der Waals surface area contributed by atoms with Gasteiger partial charge in [-0.3, -0.25) is 10.1 Å². The zero-order valence-corrected chi connectivity index (χ0v) is 15.2. The average molecular weight is 382 g/mol. The third-order valence-corrected chi connectivity index (χ3v) is 5.82. The molecule has 0 atom stereocenters. The summed E-state index contributed by atoms with van der Waals surface area (Å²) in [6, 6.07) is 17.5. The molecule has 0 saturated heterocycles. The van der Waals surface area contributed by atoms with E-state index in [4.69, 9.17) is 4.42 Å². The molecule has 0 bridgehead atoms. The lowest BCUT2D eigenvalue weighted by Crippen LogP contribution is -2.15. The van der Waals surface area contributed by atoms with Crippen LogP contribution in [0, 0.1) is 0 Å². The Morgan fingerprint density at radius 1 is 1.12 bits per heavy atom. The first-order valence-electron chi connectivity index (χ1n) is 7.89. The van der Waals surface area contributed by atoms with E-state index in [1.165, 1.54) is 17.3 Å². The van der Waals surface area contributed by atoms with Gasteiger partial charge in [0.15, 0.2) is 0 Å². The van der Waals surface area contributed by atoms with Crippen LogP contribution in [-0.4, -0.2) is 26.2 Å². The second-order valence-electron chi connectivity index (χ2n) is 5.41. The SMILES string of the molecule is O=C(CSC1=Nc2ccccc2CS1)Nc1nnc(-c2ccccc2)o1. The number of carbonyl (C=O) groups is 1. The number of nitrogens with one attached hydrogen (secondary N) is 1. The van der Waals surface area contributed by atoms with Gasteiger partial charge >= 0.3 is 6.01 Å². The van der Waals surface area contributed by atoms with Gasteiger partial charge in [-0.1, -0.05) is 65.0 Å². The molecule has 2 aromatic carbocycles. The lowest BCUT2D eigenvalue weighted by Gasteiger charge is -2.13. The summed E-state index contributed by atoms with van der Waals surface area (Å²) in [4.78, 5) is 16.7. The number of nitrogens with zero attached hydrogens (tertiary/aromatic N) is 3. The van der Waals surface area contributed by atoms with Crippen LogP contribution in [0.1, 0.15) is 5.56 Å². The topological polar surface area (TPSA) is 80.4 Å². The molecule has 0 fully saturated rings. The van der Waals surface area contributed by atoms with Crippen LogP contribution in [0.2, 0.25) is 0 Å². The van der Waals surface area contributed by atoms with Gasteiger partial charge < -0.3 is 4.42 Å². The third-order valence-electron chi connectivity index (χ3n) is 3.57. The van der Waals surface area contributed by atoms with Gasteiger partial charge in [-0.15, -0.1) is 5.10 Å². The molecule has 1 amide bonds. The molecule has 3 aromatic rings. The molecule has 0 aliphatic carbocycles. The summed E-state index contributed by atoms with van der Waals surface area (Å²) in [5, 5.41) is 10.4. The Balaban J connectivity index is 1.34. The van der Waals surface area contributed by atoms with Crippen molar-refractivity contribution in [3.8, 4) is 11.5 Å². The number of thioether (sulfide) groups is 2. The van der Waals surface area contributed by atoms with Gasteiger partial charge in [0.05, 0.1) is 11.4 Å². The van der Waals surface area contributed by atoms with Gasteiger partial charge in [-0.25, -0.2) is 4.99 Å². The Kier molecular flexibility index (Phi) is 5.03. The minimum Gasteiger partial charge on any atom is -0.403 e. The summed E-state index contributed by atoms with van der Waals surface area (Å²) in [5.74, 6) is 1.27. The normalized spacial score (nSPS) is 13.0. The molecule has 1 aliphatic rings. The number of amides is 1. The van der Waals surface area contributed by atoms with E-state index in [1.807, 2.05) is 48.5 Å². The van der Waals surface area contributed by atoms with Crippen LogP contribution in [0.3, 0.4) is 0 Å². The van der Waals surface area contributed by atoms with E-state index in [1.54, 1.807) is 11.8 Å². The van der Waals surface area contributed by atoms with Gasteiger partial charge in [0.1, 0.15) is 4.38 Å². The number of fused-ring (bicyclic) bond motifs is 1. The van der Waals surface area contributed by atoms with Gasteiger partial charge in [0.2, 0.25) is 11.8 Å². The van der Waals surface area contributed by atoms with E-state index >= 15 is 0 Å². The molecule has 130 valence electrons. The van der Waals surface area contributed by atoms with Crippen molar-refractivity contribution >= 4 is 45.5 Å². The molecule has 0 radical (unpaired) electrons. The predicted molar refractivity (Wildman–Crippen MR) is 106 cm³/mol. The van der Waals surface area contributed by atoms with Gasteiger partial charge in [-0.2, -0.15) is 0 Å². The first-order chi connectivity index (χ1) is 12.8. The molecule has 0 unspecified atom stereocenters. The molecule has 0 saturated carbocycles. The number of anilines is 1. The fraction of sp³-hybridized carbons (Fsp3) is 0.111. The first-order valence-corrected chi connectivity index (χ1v) is 9.86. The van der Waals surface area contributed by atoms with Crippen molar-refractivity contribution in [2.45, 2.75) is 5.75 Å². The van der Waals surface area contributed by atoms with Crippen molar-refractivity contribution in [2.75, 3.05) is 11.1 Å². The Labute approximate surface area is 158 Å². The van der Waals surface area contributed by atoms with Crippen LogP contribution in [-0.2, 0) is 10.5 Å². The minimum atomic E-state index is -0.208. The molecule has 4 rings (SSSR count). The fourth-order valence-electron chi connectivity index (χ4n) is 2.34. The van der Waals surface area contributed by atoms with E-state index in [-0.39, 0.29) is 17.7 Å². The van der Waals surface area contributed by atoms with Crippen molar-refractivity contribution in [3.05, 3.63) is 60.2 Å². The number of carbonyl (C=O) groups excluding carboxylic acids is 1. The summed E-state index contributed by atoms with van der Waals surface area (Å²) in [7, 11) is 0. The van der Waals surface area contributed by atoms with E-state index in [0.717, 1.165) is 21.4 Å². The number of rotatable bonds is 4. The second-order valence-corrected chi connectivity index (χ2v) is 7.60. The monoisotopic (exact) mass is 382 g/mol. The highest BCUT2D eigenvalue weighted by Gasteiger charge is 2.15. The predicted octanol–water partition coefficient (Wildman–Crippen LogP) is 4.34. The van der Waals surface area contributed by atoms with E-state index in [0.29, 0.717) is 5.89 Å². The molecular weight excluding hydrogens is 368 g/mol. The lowest BCUT2D eigenvalue weighted by atomic mass is 10.2. The minimum absolute atomic E-state index is 0.0954.